The molecule has 0 bridgehead atoms. The molecule has 0 aliphatic heterocycles. The van der Waals surface area contributed by atoms with E-state index in [1.165, 1.54) is 23.8 Å². The van der Waals surface area contributed by atoms with Crippen LogP contribution in [0.1, 0.15) is 23.2 Å². The molecule has 0 saturated carbocycles. The van der Waals surface area contributed by atoms with Gasteiger partial charge >= 0.3 is 5.97 Å². The predicted molar refractivity (Wildman–Crippen MR) is 94.5 cm³/mol. The number of carbonyl (C=O) groups excluding carboxylic acids is 1. The number of esters is 1. The second-order valence-electron chi connectivity index (χ2n) is 5.89. The molecule has 5 nitrogen and oxygen atoms in total. The van der Waals surface area contributed by atoms with Crippen molar-refractivity contribution in [2.24, 2.45) is 0 Å². The molecule has 2 heterocycles. The van der Waals surface area contributed by atoms with Crippen molar-refractivity contribution in [1.29, 1.82) is 0 Å². The van der Waals surface area contributed by atoms with Crippen LogP contribution in [0.4, 0.5) is 0 Å². The number of ether oxygens (including phenoxy) is 2. The SMILES string of the molecule is COC(=O)COc1nccn2c3c(cc12)CCC=C3c1ccccc1. The minimum atomic E-state index is -0.426. The number of aromatic nitrogens is 2. The summed E-state index contributed by atoms with van der Waals surface area (Å²) in [6, 6.07) is 12.5. The number of benzene rings is 1. The van der Waals surface area contributed by atoms with Crippen molar-refractivity contribution in [2.45, 2.75) is 12.8 Å². The van der Waals surface area contributed by atoms with Crippen LogP contribution in [0.5, 0.6) is 5.88 Å². The lowest BCUT2D eigenvalue weighted by Gasteiger charge is -2.16. The lowest BCUT2D eigenvalue weighted by atomic mass is 9.92. The van der Waals surface area contributed by atoms with Crippen molar-refractivity contribution in [3.05, 3.63) is 71.7 Å². The number of methoxy groups -OCH3 is 1. The highest BCUT2D eigenvalue weighted by atomic mass is 16.6. The average molecular weight is 334 g/mol. The molecule has 1 aliphatic rings. The van der Waals surface area contributed by atoms with Gasteiger partial charge in [0.1, 0.15) is 5.52 Å². The second-order valence-corrected chi connectivity index (χ2v) is 5.89. The monoisotopic (exact) mass is 334 g/mol. The Labute approximate surface area is 145 Å². The van der Waals surface area contributed by atoms with Crippen LogP contribution in [-0.4, -0.2) is 29.1 Å². The van der Waals surface area contributed by atoms with Crippen molar-refractivity contribution in [3.63, 3.8) is 0 Å². The number of aryl methyl sites for hydroxylation is 1. The van der Waals surface area contributed by atoms with Gasteiger partial charge < -0.3 is 13.9 Å². The summed E-state index contributed by atoms with van der Waals surface area (Å²) in [6.07, 6.45) is 7.88. The van der Waals surface area contributed by atoms with Gasteiger partial charge in [-0.25, -0.2) is 9.78 Å². The summed E-state index contributed by atoms with van der Waals surface area (Å²) >= 11 is 0. The molecule has 126 valence electrons. The highest BCUT2D eigenvalue weighted by Crippen LogP contribution is 2.35. The van der Waals surface area contributed by atoms with Crippen LogP contribution >= 0.6 is 0 Å². The fraction of sp³-hybridized carbons (Fsp3) is 0.200. The first-order valence-electron chi connectivity index (χ1n) is 8.22. The number of allylic oxidation sites excluding steroid dienone is 1. The van der Waals surface area contributed by atoms with Gasteiger partial charge in [0.15, 0.2) is 6.61 Å². The Hall–Kier alpha value is -3.08. The van der Waals surface area contributed by atoms with Crippen molar-refractivity contribution in [1.82, 2.24) is 9.38 Å². The molecule has 5 heteroatoms. The van der Waals surface area contributed by atoms with Gasteiger partial charge in [-0.2, -0.15) is 0 Å². The van der Waals surface area contributed by atoms with E-state index < -0.39 is 5.97 Å². The molecule has 4 rings (SSSR count). The molecule has 0 fully saturated rings. The first-order chi connectivity index (χ1) is 12.3. The molecule has 25 heavy (non-hydrogen) atoms. The first kappa shape index (κ1) is 15.4. The maximum absolute atomic E-state index is 11.4. The first-order valence-corrected chi connectivity index (χ1v) is 8.22. The molecular formula is C20H18N2O3. The quantitative estimate of drug-likeness (QED) is 0.687. The van der Waals surface area contributed by atoms with Gasteiger partial charge in [0.25, 0.3) is 0 Å². The van der Waals surface area contributed by atoms with Crippen LogP contribution in [-0.2, 0) is 16.0 Å². The molecule has 0 unspecified atom stereocenters. The minimum Gasteiger partial charge on any atom is -0.466 e. The van der Waals surface area contributed by atoms with E-state index in [1.54, 1.807) is 6.20 Å². The molecule has 2 aromatic heterocycles. The van der Waals surface area contributed by atoms with Crippen LogP contribution in [0.3, 0.4) is 0 Å². The topological polar surface area (TPSA) is 52.8 Å². The standard InChI is InChI=1S/C20H18N2O3/c1-24-18(23)13-25-20-17-12-15-8-5-9-16(14-6-3-2-4-7-14)19(15)22(17)11-10-21-20/h2-4,6-7,9-12H,5,8,13H2,1H3. The molecule has 0 atom stereocenters. The Kier molecular flexibility index (Phi) is 3.98. The van der Waals surface area contributed by atoms with Gasteiger partial charge in [-0.1, -0.05) is 36.4 Å². The van der Waals surface area contributed by atoms with E-state index in [4.69, 9.17) is 4.74 Å². The summed E-state index contributed by atoms with van der Waals surface area (Å²) in [5, 5.41) is 0. The highest BCUT2D eigenvalue weighted by molar-refractivity contribution is 5.84. The minimum absolute atomic E-state index is 0.152. The van der Waals surface area contributed by atoms with Crippen molar-refractivity contribution < 1.29 is 14.3 Å². The third-order valence-electron chi connectivity index (χ3n) is 4.40. The summed E-state index contributed by atoms with van der Waals surface area (Å²) in [7, 11) is 1.34. The number of carbonyl (C=O) groups is 1. The van der Waals surface area contributed by atoms with Crippen molar-refractivity contribution in [2.75, 3.05) is 13.7 Å². The summed E-state index contributed by atoms with van der Waals surface area (Å²) in [4.78, 5) is 15.6. The zero-order chi connectivity index (χ0) is 17.2. The molecular weight excluding hydrogens is 316 g/mol. The second kappa shape index (κ2) is 6.43. The molecule has 0 radical (unpaired) electrons. The zero-order valence-electron chi connectivity index (χ0n) is 13.9. The van der Waals surface area contributed by atoms with Gasteiger partial charge in [-0.15, -0.1) is 0 Å². The van der Waals surface area contributed by atoms with E-state index >= 15 is 0 Å². The van der Waals surface area contributed by atoms with Gasteiger partial charge in [-0.05, 0) is 30.0 Å². The van der Waals surface area contributed by atoms with E-state index in [0.717, 1.165) is 24.1 Å². The summed E-state index contributed by atoms with van der Waals surface area (Å²) in [6.45, 7) is -0.152. The van der Waals surface area contributed by atoms with Crippen molar-refractivity contribution >= 4 is 17.1 Å². The maximum atomic E-state index is 11.4. The van der Waals surface area contributed by atoms with E-state index in [2.05, 4.69) is 38.4 Å². The van der Waals surface area contributed by atoms with E-state index in [-0.39, 0.29) is 6.61 Å². The number of hydrogen-bond donors (Lipinski definition) is 0. The zero-order valence-corrected chi connectivity index (χ0v) is 13.9. The fourth-order valence-electron chi connectivity index (χ4n) is 3.26. The van der Waals surface area contributed by atoms with Crippen LogP contribution in [0.2, 0.25) is 0 Å². The van der Waals surface area contributed by atoms with Gasteiger partial charge in [0.05, 0.1) is 12.8 Å². The lowest BCUT2D eigenvalue weighted by molar-refractivity contribution is -0.142. The molecule has 3 aromatic rings. The lowest BCUT2D eigenvalue weighted by Crippen LogP contribution is -2.13. The van der Waals surface area contributed by atoms with Crippen LogP contribution in [0.25, 0.3) is 11.1 Å². The molecule has 0 spiro atoms. The Morgan fingerprint density at radius 3 is 2.92 bits per heavy atom. The van der Waals surface area contributed by atoms with Crippen molar-refractivity contribution in [3.8, 4) is 5.88 Å². The Bertz CT molecular complexity index is 958. The normalized spacial score (nSPS) is 13.2. The number of rotatable bonds is 4. The molecule has 0 saturated heterocycles. The number of nitrogens with zero attached hydrogens (tertiary/aromatic N) is 2. The summed E-state index contributed by atoms with van der Waals surface area (Å²) in [5.41, 5.74) is 5.69. The van der Waals surface area contributed by atoms with Gasteiger partial charge in [0.2, 0.25) is 5.88 Å². The Morgan fingerprint density at radius 1 is 1.28 bits per heavy atom. The predicted octanol–water partition coefficient (Wildman–Crippen LogP) is 3.26. The summed E-state index contributed by atoms with van der Waals surface area (Å²) in [5.74, 6) is 0.0136. The highest BCUT2D eigenvalue weighted by Gasteiger charge is 2.21. The Balaban J connectivity index is 1.80. The number of hydrogen-bond acceptors (Lipinski definition) is 4. The average Bonchev–Trinajstić information content (AvgIpc) is 3.06. The van der Waals surface area contributed by atoms with Crippen LogP contribution in [0.15, 0.2) is 54.9 Å². The van der Waals surface area contributed by atoms with Gasteiger partial charge in [0, 0.05) is 18.0 Å². The molecule has 1 aliphatic carbocycles. The Morgan fingerprint density at radius 2 is 2.12 bits per heavy atom. The smallest absolute Gasteiger partial charge is 0.343 e. The largest absolute Gasteiger partial charge is 0.466 e. The summed E-state index contributed by atoms with van der Waals surface area (Å²) < 4.78 is 12.3. The molecule has 0 amide bonds. The van der Waals surface area contributed by atoms with Gasteiger partial charge in [-0.3, -0.25) is 0 Å². The van der Waals surface area contributed by atoms with E-state index in [0.29, 0.717) is 5.88 Å². The molecule has 0 N–H and O–H groups in total. The van der Waals surface area contributed by atoms with E-state index in [9.17, 15) is 4.79 Å². The van der Waals surface area contributed by atoms with E-state index in [1.807, 2.05) is 24.4 Å². The third kappa shape index (κ3) is 2.78. The fourth-order valence-corrected chi connectivity index (χ4v) is 3.26. The van der Waals surface area contributed by atoms with Crippen LogP contribution < -0.4 is 4.74 Å². The third-order valence-corrected chi connectivity index (χ3v) is 4.40. The van der Waals surface area contributed by atoms with Crippen LogP contribution in [0, 0.1) is 0 Å². The molecule has 1 aromatic carbocycles. The maximum Gasteiger partial charge on any atom is 0.343 e. The number of fused-ring (bicyclic) bond motifs is 3.